The van der Waals surface area contributed by atoms with Gasteiger partial charge in [-0.05, 0) is 76.4 Å². The molecule has 1 unspecified atom stereocenters. The molecule has 0 fully saturated rings. The van der Waals surface area contributed by atoms with Gasteiger partial charge in [0, 0.05) is 12.1 Å². The third-order valence-corrected chi connectivity index (χ3v) is 6.09. The highest BCUT2D eigenvalue weighted by Crippen LogP contribution is 2.25. The lowest BCUT2D eigenvalue weighted by Gasteiger charge is -2.16. The minimum absolute atomic E-state index is 0.180. The Kier molecular flexibility index (Phi) is 8.68. The maximum atomic E-state index is 8.40. The lowest BCUT2D eigenvalue weighted by atomic mass is 9.98. The van der Waals surface area contributed by atoms with Gasteiger partial charge in [0.2, 0.25) is 0 Å². The van der Waals surface area contributed by atoms with E-state index in [9.17, 15) is 0 Å². The van der Waals surface area contributed by atoms with E-state index in [0.717, 1.165) is 36.4 Å². The molecule has 162 valence electrons. The van der Waals surface area contributed by atoms with Gasteiger partial charge in [-0.15, -0.1) is 4.99 Å². The molecule has 2 rings (SSSR count). The average Bonchev–Trinajstić information content (AvgIpc) is 2.82. The molecule has 1 aromatic carbocycles. The zero-order chi connectivity index (χ0) is 22.4. The number of aliphatic imine (C=N–C) groups is 1. The summed E-state index contributed by atoms with van der Waals surface area (Å²) in [5.74, 6) is 1.21. The van der Waals surface area contributed by atoms with Crippen LogP contribution in [0.25, 0.3) is 0 Å². The lowest BCUT2D eigenvalue weighted by Crippen LogP contribution is -2.20. The van der Waals surface area contributed by atoms with Gasteiger partial charge < -0.3 is 9.64 Å². The predicted molar refractivity (Wildman–Crippen MR) is 133 cm³/mol. The summed E-state index contributed by atoms with van der Waals surface area (Å²) in [5.41, 5.74) is 6.93. The molecule has 0 aromatic heterocycles. The number of rotatable bonds is 6. The Labute approximate surface area is 187 Å². The maximum Gasteiger partial charge on any atom is 0.414 e. The molecule has 1 aliphatic carbocycles. The van der Waals surface area contributed by atoms with E-state index in [1.807, 2.05) is 19.1 Å². The normalized spacial score (nSPS) is 17.3. The molecule has 1 N–H and O–H groups in total. The van der Waals surface area contributed by atoms with Crippen molar-refractivity contribution in [3.63, 3.8) is 0 Å². The zero-order valence-corrected chi connectivity index (χ0v) is 20.4. The molecule has 0 aliphatic heterocycles. The highest BCUT2D eigenvalue weighted by Gasteiger charge is 2.15. The number of hydrogen-bond acceptors (Lipinski definition) is 3. The van der Waals surface area contributed by atoms with Crippen LogP contribution in [0.1, 0.15) is 44.4 Å². The monoisotopic (exact) mass is 426 g/mol. The van der Waals surface area contributed by atoms with Crippen LogP contribution in [0.15, 0.2) is 52.1 Å². The van der Waals surface area contributed by atoms with Crippen LogP contribution in [-0.4, -0.2) is 36.1 Å². The smallest absolute Gasteiger partial charge is 0.402 e. The van der Waals surface area contributed by atoms with Gasteiger partial charge in [0.1, 0.15) is 5.75 Å². The minimum atomic E-state index is 0.180. The number of nitrogens with one attached hydrogen (secondary N) is 1. The first-order valence-corrected chi connectivity index (χ1v) is 11.0. The van der Waals surface area contributed by atoms with Crippen LogP contribution in [0.2, 0.25) is 0 Å². The predicted octanol–water partition coefficient (Wildman–Crippen LogP) is 4.99. The summed E-state index contributed by atoms with van der Waals surface area (Å²) < 4.78 is 5.94. The van der Waals surface area contributed by atoms with Crippen molar-refractivity contribution in [2.75, 3.05) is 20.1 Å². The van der Waals surface area contributed by atoms with Crippen LogP contribution in [0.3, 0.4) is 0 Å². The second kappa shape index (κ2) is 10.8. The molecule has 1 aromatic rings. The first-order chi connectivity index (χ1) is 14.1. The van der Waals surface area contributed by atoms with E-state index in [2.05, 4.69) is 82.4 Å². The molecule has 1 atom stereocenters. The summed E-state index contributed by atoms with van der Waals surface area (Å²) in [6, 6.07) is 4.24. The van der Waals surface area contributed by atoms with Crippen LogP contribution in [0.4, 0.5) is 0 Å². The van der Waals surface area contributed by atoms with Gasteiger partial charge in [-0.25, -0.2) is 0 Å². The molecule has 5 heteroatoms. The number of hydrogen-bond donors (Lipinski definition) is 1. The molecule has 1 aliphatic rings. The molecule has 0 saturated heterocycles. The van der Waals surface area contributed by atoms with E-state index in [-0.39, 0.29) is 17.0 Å². The highest BCUT2D eigenvalue weighted by molar-refractivity contribution is 7.77. The number of ether oxygens (including phenoxy) is 1. The van der Waals surface area contributed by atoms with Crippen molar-refractivity contribution < 1.29 is 4.74 Å². The molecule has 0 radical (unpaired) electrons. The van der Waals surface area contributed by atoms with Crippen molar-refractivity contribution in [2.24, 2.45) is 10.9 Å². The van der Waals surface area contributed by atoms with Crippen LogP contribution in [-0.2, 0) is 19.0 Å². The summed E-state index contributed by atoms with van der Waals surface area (Å²) in [4.78, 5) is 6.64. The van der Waals surface area contributed by atoms with Gasteiger partial charge in [-0.1, -0.05) is 49.3 Å². The average molecular weight is 427 g/mol. The number of likely N-dealkylation sites (N-methyl/N-ethyl adjacent to an activating group) is 1. The van der Waals surface area contributed by atoms with Gasteiger partial charge >= 0.3 is 5.23 Å². The van der Waals surface area contributed by atoms with Crippen molar-refractivity contribution in [2.45, 2.75) is 48.0 Å². The van der Waals surface area contributed by atoms with E-state index in [4.69, 9.17) is 10.1 Å². The van der Waals surface area contributed by atoms with Gasteiger partial charge in [0.15, 0.2) is 5.84 Å². The molecular formula is C25H36N3OS+. The summed E-state index contributed by atoms with van der Waals surface area (Å²) in [7, 11) is 2.14. The van der Waals surface area contributed by atoms with E-state index in [1.165, 1.54) is 22.3 Å². The molecule has 0 saturated carbocycles. The van der Waals surface area contributed by atoms with Crippen LogP contribution >= 0.6 is 0 Å². The Hall–Kier alpha value is -2.11. The van der Waals surface area contributed by atoms with Gasteiger partial charge in [0.05, 0.1) is 12.6 Å². The Morgan fingerprint density at radius 1 is 1.17 bits per heavy atom. The Balaban J connectivity index is 2.13. The van der Waals surface area contributed by atoms with E-state index >= 15 is 0 Å². The molecule has 0 heterocycles. The Bertz CT molecular complexity index is 925. The standard InChI is InChI=1S/C25H35N3OS/c1-8-28(7)12-11-21-14-19(5)23(15-18(21)4)29-25(30)27-24(26)22-10-9-16(2)20(6)17(3)13-22/h9-10,13-15,17H,8,11-12H2,1-7H3,(H2,26,27,30)/p+1. The molecule has 0 spiro atoms. The number of nitrogens with zero attached hydrogens (tertiary/aromatic N) is 2. The molecule has 30 heavy (non-hydrogen) atoms. The summed E-state index contributed by atoms with van der Waals surface area (Å²) in [6.07, 6.45) is 7.09. The maximum absolute atomic E-state index is 8.40. The topological polar surface area (TPSA) is 48.7 Å². The number of amidine groups is 1. The Morgan fingerprint density at radius 2 is 1.87 bits per heavy atom. The van der Waals surface area contributed by atoms with Crippen molar-refractivity contribution in [1.29, 1.82) is 5.41 Å². The van der Waals surface area contributed by atoms with Crippen LogP contribution < -0.4 is 4.74 Å². The second-order valence-electron chi connectivity index (χ2n) is 8.17. The second-order valence-corrected chi connectivity index (χ2v) is 8.60. The van der Waals surface area contributed by atoms with E-state index in [0.29, 0.717) is 0 Å². The van der Waals surface area contributed by atoms with Crippen LogP contribution in [0, 0.1) is 25.2 Å². The number of benzene rings is 1. The fourth-order valence-electron chi connectivity index (χ4n) is 3.30. The fraction of sp³-hybridized carbons (Fsp3) is 0.440. The van der Waals surface area contributed by atoms with Crippen molar-refractivity contribution in [3.05, 3.63) is 63.8 Å². The number of allylic oxidation sites excluding steroid dienone is 4. The molecule has 0 bridgehead atoms. The quantitative estimate of drug-likeness (QED) is 0.396. The molecular weight excluding hydrogens is 390 g/mol. The SMILES string of the molecule is CCN(C)CCc1cc(C)c(OC([SH2+])=NC(=N)C2=CC(C)C(C)=C(C)C=C2)cc1C. The van der Waals surface area contributed by atoms with E-state index < -0.39 is 0 Å². The third kappa shape index (κ3) is 6.44. The largest absolute Gasteiger partial charge is 0.414 e. The minimum Gasteiger partial charge on any atom is -0.402 e. The molecule has 0 amide bonds. The van der Waals surface area contributed by atoms with E-state index in [1.54, 1.807) is 0 Å². The summed E-state index contributed by atoms with van der Waals surface area (Å²) in [6.45, 7) is 14.8. The first kappa shape index (κ1) is 24.2. The summed E-state index contributed by atoms with van der Waals surface area (Å²) >= 11 is 3.45. The van der Waals surface area contributed by atoms with Crippen molar-refractivity contribution in [1.82, 2.24) is 4.90 Å². The lowest BCUT2D eigenvalue weighted by molar-refractivity contribution is 0.357. The van der Waals surface area contributed by atoms with Gasteiger partial charge in [-0.2, -0.15) is 0 Å². The zero-order valence-electron chi connectivity index (χ0n) is 19.4. The van der Waals surface area contributed by atoms with Crippen molar-refractivity contribution in [3.8, 4) is 5.75 Å². The first-order valence-electron chi connectivity index (χ1n) is 10.5. The van der Waals surface area contributed by atoms with Gasteiger partial charge in [-0.3, -0.25) is 5.41 Å². The fourth-order valence-corrected chi connectivity index (χ4v) is 3.53. The van der Waals surface area contributed by atoms with Gasteiger partial charge in [0.25, 0.3) is 0 Å². The third-order valence-electron chi connectivity index (χ3n) is 5.88. The Morgan fingerprint density at radius 3 is 2.53 bits per heavy atom. The summed E-state index contributed by atoms with van der Waals surface area (Å²) in [5, 5.41) is 8.69. The van der Waals surface area contributed by atoms with Crippen molar-refractivity contribution >= 4 is 23.7 Å². The highest BCUT2D eigenvalue weighted by atomic mass is 32.1. The number of aryl methyl sites for hydroxylation is 2. The molecule has 4 nitrogen and oxygen atoms in total. The van der Waals surface area contributed by atoms with Crippen LogP contribution in [0.5, 0.6) is 5.75 Å².